The van der Waals surface area contributed by atoms with E-state index in [1.807, 2.05) is 12.1 Å². The monoisotopic (exact) mass is 650 g/mol. The average Bonchev–Trinajstić information content (AvgIpc) is 3.37. The third-order valence-corrected chi connectivity index (χ3v) is 10.9. The summed E-state index contributed by atoms with van der Waals surface area (Å²) in [5.41, 5.74) is 11.9. The summed E-state index contributed by atoms with van der Waals surface area (Å²) in [6.07, 6.45) is 9.08. The number of aryl methyl sites for hydroxylation is 3. The van der Waals surface area contributed by atoms with Crippen LogP contribution in [0, 0.1) is 20.8 Å². The average molecular weight is 651 g/mol. The van der Waals surface area contributed by atoms with Crippen LogP contribution in [0.25, 0.3) is 28.0 Å². The summed E-state index contributed by atoms with van der Waals surface area (Å²) in [5, 5.41) is 5.89. The molecule has 0 radical (unpaired) electrons. The van der Waals surface area contributed by atoms with Gasteiger partial charge in [0.05, 0.1) is 7.11 Å². The van der Waals surface area contributed by atoms with Crippen LogP contribution in [0.5, 0.6) is 11.5 Å². The van der Waals surface area contributed by atoms with Gasteiger partial charge in [-0.1, -0.05) is 89.5 Å². The smallest absolute Gasteiger partial charge is 0.178 e. The minimum Gasteiger partial charge on any atom is -0.497 e. The van der Waals surface area contributed by atoms with E-state index < -0.39 is 5.60 Å². The molecule has 252 valence electrons. The highest BCUT2D eigenvalue weighted by Crippen LogP contribution is 2.61. The van der Waals surface area contributed by atoms with E-state index in [1.165, 1.54) is 55.3 Å². The van der Waals surface area contributed by atoms with Crippen LogP contribution in [0.15, 0.2) is 91.0 Å². The molecule has 0 spiro atoms. The number of benzene rings is 5. The SMILES string of the molecule is CNCCCC1(CCCN(C)C)c2cc(C)ccc2-c2c1c1c(c3cc(C)ccc23)OC(c2ccc(C)cc2)(c2ccc(OC)cc2)C=C1. The Balaban J connectivity index is 1.54. The number of fused-ring (bicyclic) bond motifs is 8. The molecular weight excluding hydrogens is 601 g/mol. The lowest BCUT2D eigenvalue weighted by atomic mass is 9.68. The molecule has 0 saturated carbocycles. The van der Waals surface area contributed by atoms with E-state index in [-0.39, 0.29) is 5.41 Å². The van der Waals surface area contributed by atoms with E-state index in [1.54, 1.807) is 7.11 Å². The summed E-state index contributed by atoms with van der Waals surface area (Å²) >= 11 is 0. The van der Waals surface area contributed by atoms with Crippen LogP contribution in [-0.2, 0) is 11.0 Å². The third-order valence-electron chi connectivity index (χ3n) is 10.9. The molecule has 2 atom stereocenters. The first-order valence-electron chi connectivity index (χ1n) is 17.8. The molecular formula is C45H50N2O2. The van der Waals surface area contributed by atoms with Crippen molar-refractivity contribution in [3.63, 3.8) is 0 Å². The Morgan fingerprint density at radius 1 is 0.755 bits per heavy atom. The molecule has 5 aromatic rings. The van der Waals surface area contributed by atoms with Gasteiger partial charge in [-0.05, 0) is 133 Å². The Kier molecular flexibility index (Phi) is 8.89. The molecule has 0 amide bonds. The number of methoxy groups -OCH3 is 1. The second-order valence-electron chi connectivity index (χ2n) is 14.6. The van der Waals surface area contributed by atoms with E-state index in [0.29, 0.717) is 0 Å². The molecule has 0 aromatic heterocycles. The van der Waals surface area contributed by atoms with Crippen LogP contribution in [0.4, 0.5) is 0 Å². The van der Waals surface area contributed by atoms with Crippen molar-refractivity contribution in [3.8, 4) is 22.6 Å². The summed E-state index contributed by atoms with van der Waals surface area (Å²) in [7, 11) is 8.16. The quantitative estimate of drug-likeness (QED) is 0.144. The number of hydrogen-bond donors (Lipinski definition) is 1. The molecule has 4 heteroatoms. The van der Waals surface area contributed by atoms with Gasteiger partial charge in [0.15, 0.2) is 5.60 Å². The van der Waals surface area contributed by atoms with Crippen LogP contribution < -0.4 is 14.8 Å². The molecule has 1 aliphatic heterocycles. The van der Waals surface area contributed by atoms with Crippen LogP contribution in [0.3, 0.4) is 0 Å². The summed E-state index contributed by atoms with van der Waals surface area (Å²) < 4.78 is 13.2. The highest BCUT2D eigenvalue weighted by molar-refractivity contribution is 6.08. The largest absolute Gasteiger partial charge is 0.497 e. The van der Waals surface area contributed by atoms with E-state index in [9.17, 15) is 0 Å². The van der Waals surface area contributed by atoms with E-state index in [0.717, 1.165) is 61.4 Å². The Hall–Kier alpha value is -4.38. The number of hydrogen-bond acceptors (Lipinski definition) is 4. The Morgan fingerprint density at radius 2 is 1.41 bits per heavy atom. The predicted molar refractivity (Wildman–Crippen MR) is 205 cm³/mol. The zero-order valence-corrected chi connectivity index (χ0v) is 30.2. The van der Waals surface area contributed by atoms with Crippen molar-refractivity contribution in [3.05, 3.63) is 136 Å². The maximum atomic E-state index is 7.63. The maximum absolute atomic E-state index is 7.63. The van der Waals surface area contributed by atoms with Gasteiger partial charge in [-0.3, -0.25) is 0 Å². The fourth-order valence-electron chi connectivity index (χ4n) is 8.47. The van der Waals surface area contributed by atoms with Crippen molar-refractivity contribution in [2.45, 2.75) is 57.5 Å². The molecule has 0 fully saturated rings. The number of rotatable bonds is 11. The summed E-state index contributed by atoms with van der Waals surface area (Å²) in [5.74, 6) is 1.81. The normalized spacial score (nSPS) is 19.1. The molecule has 2 unspecified atom stereocenters. The molecule has 2 aliphatic rings. The van der Waals surface area contributed by atoms with Crippen LogP contribution in [0.2, 0.25) is 0 Å². The topological polar surface area (TPSA) is 33.7 Å². The van der Waals surface area contributed by atoms with Crippen molar-refractivity contribution in [1.29, 1.82) is 0 Å². The fourth-order valence-corrected chi connectivity index (χ4v) is 8.47. The molecule has 5 aromatic carbocycles. The predicted octanol–water partition coefficient (Wildman–Crippen LogP) is 9.73. The first kappa shape index (κ1) is 33.1. The second kappa shape index (κ2) is 13.2. The molecule has 1 N–H and O–H groups in total. The lowest BCUT2D eigenvalue weighted by Crippen LogP contribution is -2.35. The van der Waals surface area contributed by atoms with Gasteiger partial charge in [0.1, 0.15) is 11.5 Å². The second-order valence-corrected chi connectivity index (χ2v) is 14.6. The van der Waals surface area contributed by atoms with Crippen molar-refractivity contribution in [2.75, 3.05) is 41.3 Å². The Labute approximate surface area is 292 Å². The number of nitrogens with zero attached hydrogens (tertiary/aromatic N) is 1. The molecule has 49 heavy (non-hydrogen) atoms. The Bertz CT molecular complexity index is 2030. The van der Waals surface area contributed by atoms with Gasteiger partial charge in [0, 0.05) is 27.5 Å². The van der Waals surface area contributed by atoms with Crippen LogP contribution in [0.1, 0.15) is 70.2 Å². The molecule has 7 rings (SSSR count). The summed E-state index contributed by atoms with van der Waals surface area (Å²) in [6.45, 7) is 8.61. The lowest BCUT2D eigenvalue weighted by molar-refractivity contribution is 0.163. The standard InChI is InChI=1S/C45H50N2O2/c1-30-10-14-33(15-11-30)45(34-16-18-35(48-7)19-17-34)25-22-38-42-41(36-20-12-31(2)28-39(36)43(38)49-45)37-21-13-32(3)29-40(37)44(42,23-8-26-46-4)24-9-27-47(5)6/h10-22,25,28-29,46H,8-9,23-24,26-27H2,1-7H3. The highest BCUT2D eigenvalue weighted by Gasteiger charge is 2.48. The molecule has 4 nitrogen and oxygen atoms in total. The van der Waals surface area contributed by atoms with Gasteiger partial charge in [-0.2, -0.15) is 0 Å². The molecule has 0 bridgehead atoms. The van der Waals surface area contributed by atoms with Gasteiger partial charge in [-0.25, -0.2) is 0 Å². The van der Waals surface area contributed by atoms with Gasteiger partial charge in [-0.15, -0.1) is 0 Å². The van der Waals surface area contributed by atoms with Gasteiger partial charge >= 0.3 is 0 Å². The highest BCUT2D eigenvalue weighted by atomic mass is 16.5. The lowest BCUT2D eigenvalue weighted by Gasteiger charge is -2.40. The zero-order valence-electron chi connectivity index (χ0n) is 30.2. The Morgan fingerprint density at radius 3 is 2.10 bits per heavy atom. The summed E-state index contributed by atoms with van der Waals surface area (Å²) in [4.78, 5) is 2.32. The molecule has 1 aliphatic carbocycles. The zero-order chi connectivity index (χ0) is 34.3. The van der Waals surface area contributed by atoms with Gasteiger partial charge in [0.2, 0.25) is 0 Å². The first-order chi connectivity index (χ1) is 23.7. The summed E-state index contributed by atoms with van der Waals surface area (Å²) in [6, 6.07) is 31.3. The van der Waals surface area contributed by atoms with Crippen molar-refractivity contribution in [1.82, 2.24) is 10.2 Å². The van der Waals surface area contributed by atoms with Crippen molar-refractivity contribution < 1.29 is 9.47 Å². The first-order valence-corrected chi connectivity index (χ1v) is 17.8. The van der Waals surface area contributed by atoms with Crippen molar-refractivity contribution in [2.24, 2.45) is 0 Å². The number of nitrogens with one attached hydrogen (secondary N) is 1. The van der Waals surface area contributed by atoms with E-state index >= 15 is 0 Å². The number of ether oxygens (including phenoxy) is 2. The molecule has 1 heterocycles. The minimum atomic E-state index is -0.806. The minimum absolute atomic E-state index is 0.135. The van der Waals surface area contributed by atoms with Gasteiger partial charge < -0.3 is 19.7 Å². The third kappa shape index (κ3) is 5.65. The van der Waals surface area contributed by atoms with Crippen LogP contribution in [-0.4, -0.2) is 46.2 Å². The fraction of sp³-hybridized carbons (Fsp3) is 0.333. The maximum Gasteiger partial charge on any atom is 0.178 e. The molecule has 0 saturated heterocycles. The van der Waals surface area contributed by atoms with E-state index in [2.05, 4.69) is 137 Å². The van der Waals surface area contributed by atoms with Crippen molar-refractivity contribution >= 4 is 16.8 Å². The van der Waals surface area contributed by atoms with Crippen LogP contribution >= 0.6 is 0 Å². The van der Waals surface area contributed by atoms with E-state index in [4.69, 9.17) is 9.47 Å². The van der Waals surface area contributed by atoms with Gasteiger partial charge in [0.25, 0.3) is 0 Å².